The third-order valence-electron chi connectivity index (χ3n) is 1.87. The molecule has 0 amide bonds. The number of halogens is 3. The summed E-state index contributed by atoms with van der Waals surface area (Å²) in [5.41, 5.74) is 1.68. The molecule has 1 rings (SSSR count). The van der Waals surface area contributed by atoms with Gasteiger partial charge in [0.05, 0.1) is 0 Å². The number of carbonyl (C=O) groups is 1. The number of ether oxygens (including phenoxy) is 1. The molecule has 0 saturated heterocycles. The van der Waals surface area contributed by atoms with Crippen LogP contribution in [0.25, 0.3) is 6.08 Å². The highest BCUT2D eigenvalue weighted by molar-refractivity contribution is 6.75. The van der Waals surface area contributed by atoms with Gasteiger partial charge < -0.3 is 4.74 Å². The van der Waals surface area contributed by atoms with Crippen LogP contribution in [0.1, 0.15) is 11.1 Å². The second-order valence-electron chi connectivity index (χ2n) is 2.98. The zero-order valence-corrected chi connectivity index (χ0v) is 10.5. The summed E-state index contributed by atoms with van der Waals surface area (Å²) in [6.07, 6.45) is 1.67. The molecule has 1 aromatic carbocycles. The second kappa shape index (κ2) is 5.58. The third kappa shape index (κ3) is 3.71. The molecule has 2 nitrogen and oxygen atoms in total. The molecule has 0 heterocycles. The van der Waals surface area contributed by atoms with Crippen molar-refractivity contribution >= 4 is 46.8 Å². The lowest BCUT2D eigenvalue weighted by atomic mass is 10.1. The highest BCUT2D eigenvalue weighted by Gasteiger charge is 2.32. The Hall–Kier alpha value is -0.700. The molecule has 0 bridgehead atoms. The summed E-state index contributed by atoms with van der Waals surface area (Å²) < 4.78 is 2.81. The van der Waals surface area contributed by atoms with E-state index in [2.05, 4.69) is 6.58 Å². The van der Waals surface area contributed by atoms with Crippen LogP contribution in [0, 0.1) is 0 Å². The highest BCUT2D eigenvalue weighted by Crippen LogP contribution is 2.28. The van der Waals surface area contributed by atoms with Crippen molar-refractivity contribution in [1.29, 1.82) is 0 Å². The minimum Gasteiger partial charge on any atom is -0.458 e. The molecule has 0 spiro atoms. The van der Waals surface area contributed by atoms with E-state index in [4.69, 9.17) is 39.5 Å². The molecule has 0 saturated carbocycles. The van der Waals surface area contributed by atoms with Gasteiger partial charge in [0.15, 0.2) is 0 Å². The predicted octanol–water partition coefficient (Wildman–Crippen LogP) is 3.74. The molecule has 0 aliphatic heterocycles. The number of rotatable bonds is 3. The first-order valence-electron chi connectivity index (χ1n) is 4.39. The first kappa shape index (κ1) is 13.4. The minimum absolute atomic E-state index is 0.0505. The van der Waals surface area contributed by atoms with E-state index in [0.717, 1.165) is 11.1 Å². The molecule has 16 heavy (non-hydrogen) atoms. The lowest BCUT2D eigenvalue weighted by Gasteiger charge is -2.11. The molecule has 0 atom stereocenters. The summed E-state index contributed by atoms with van der Waals surface area (Å²) in [6, 6.07) is 7.34. The number of carbonyl (C=O) groups excluding carboxylic acids is 1. The average molecular weight is 280 g/mol. The fourth-order valence-corrected chi connectivity index (χ4v) is 1.25. The standard InChI is InChI=1S/C11H9Cl3O2/c1-2-8-5-3-4-6-9(8)7-16-10(15)11(12,13)14/h2-6H,1,7H2. The Kier molecular flexibility index (Phi) is 4.66. The summed E-state index contributed by atoms with van der Waals surface area (Å²) in [5.74, 6) is -0.892. The van der Waals surface area contributed by atoms with Crippen molar-refractivity contribution in [1.82, 2.24) is 0 Å². The Balaban J connectivity index is 2.68. The lowest BCUT2D eigenvalue weighted by molar-refractivity contribution is -0.143. The maximum atomic E-state index is 11.2. The Bertz CT molecular complexity index is 396. The molecule has 0 fully saturated rings. The van der Waals surface area contributed by atoms with E-state index >= 15 is 0 Å². The SMILES string of the molecule is C=Cc1ccccc1COC(=O)C(Cl)(Cl)Cl. The van der Waals surface area contributed by atoms with E-state index in [1.54, 1.807) is 6.08 Å². The topological polar surface area (TPSA) is 26.3 Å². The number of esters is 1. The van der Waals surface area contributed by atoms with Gasteiger partial charge in [-0.15, -0.1) is 0 Å². The van der Waals surface area contributed by atoms with Crippen LogP contribution >= 0.6 is 34.8 Å². The summed E-state index contributed by atoms with van der Waals surface area (Å²) in [5, 5.41) is 0. The van der Waals surface area contributed by atoms with E-state index in [-0.39, 0.29) is 6.61 Å². The van der Waals surface area contributed by atoms with Crippen molar-refractivity contribution in [3.8, 4) is 0 Å². The molecular formula is C11H9Cl3O2. The van der Waals surface area contributed by atoms with E-state index in [9.17, 15) is 4.79 Å². The molecule has 0 aromatic heterocycles. The van der Waals surface area contributed by atoms with Crippen molar-refractivity contribution in [2.75, 3.05) is 0 Å². The van der Waals surface area contributed by atoms with Crippen LogP contribution in [-0.4, -0.2) is 9.76 Å². The molecule has 0 radical (unpaired) electrons. The lowest BCUT2D eigenvalue weighted by Crippen LogP contribution is -2.21. The van der Waals surface area contributed by atoms with Gasteiger partial charge >= 0.3 is 5.97 Å². The summed E-state index contributed by atoms with van der Waals surface area (Å²) in [4.78, 5) is 11.2. The molecule has 0 aliphatic rings. The van der Waals surface area contributed by atoms with Crippen molar-refractivity contribution < 1.29 is 9.53 Å². The highest BCUT2D eigenvalue weighted by atomic mass is 35.6. The average Bonchev–Trinajstić information content (AvgIpc) is 2.24. The van der Waals surface area contributed by atoms with Crippen LogP contribution in [0.3, 0.4) is 0 Å². The smallest absolute Gasteiger partial charge is 0.358 e. The first-order chi connectivity index (χ1) is 7.45. The quantitative estimate of drug-likeness (QED) is 0.622. The molecular weight excluding hydrogens is 270 g/mol. The van der Waals surface area contributed by atoms with E-state index in [1.165, 1.54) is 0 Å². The van der Waals surface area contributed by atoms with Gasteiger partial charge in [0.1, 0.15) is 6.61 Å². The van der Waals surface area contributed by atoms with Crippen molar-refractivity contribution in [2.45, 2.75) is 10.4 Å². The maximum absolute atomic E-state index is 11.2. The van der Waals surface area contributed by atoms with Crippen molar-refractivity contribution in [3.63, 3.8) is 0 Å². The zero-order valence-electron chi connectivity index (χ0n) is 8.25. The van der Waals surface area contributed by atoms with Crippen molar-refractivity contribution in [3.05, 3.63) is 42.0 Å². The van der Waals surface area contributed by atoms with Crippen LogP contribution in [0.15, 0.2) is 30.8 Å². The van der Waals surface area contributed by atoms with Crippen LogP contribution in [0.5, 0.6) is 0 Å². The summed E-state index contributed by atoms with van der Waals surface area (Å²) >= 11 is 16.1. The molecule has 0 unspecified atom stereocenters. The Morgan fingerprint density at radius 2 is 2.00 bits per heavy atom. The molecule has 0 aliphatic carbocycles. The van der Waals surface area contributed by atoms with Gasteiger partial charge in [0, 0.05) is 0 Å². The van der Waals surface area contributed by atoms with Gasteiger partial charge in [0.25, 0.3) is 3.79 Å². The van der Waals surface area contributed by atoms with Crippen LogP contribution in [-0.2, 0) is 16.1 Å². The van der Waals surface area contributed by atoms with Gasteiger partial charge in [-0.2, -0.15) is 0 Å². The van der Waals surface area contributed by atoms with Crippen LogP contribution in [0.2, 0.25) is 0 Å². The van der Waals surface area contributed by atoms with Gasteiger partial charge in [-0.3, -0.25) is 0 Å². The Labute approximate surface area is 109 Å². The van der Waals surface area contributed by atoms with Gasteiger partial charge in [0.2, 0.25) is 0 Å². The summed E-state index contributed by atoms with van der Waals surface area (Å²) in [6.45, 7) is 3.70. The van der Waals surface area contributed by atoms with E-state index in [0.29, 0.717) is 0 Å². The molecule has 5 heteroatoms. The first-order valence-corrected chi connectivity index (χ1v) is 5.53. The normalized spacial score (nSPS) is 10.9. The molecule has 86 valence electrons. The number of alkyl halides is 3. The number of hydrogen-bond acceptors (Lipinski definition) is 2. The maximum Gasteiger partial charge on any atom is 0.358 e. The molecule has 0 N–H and O–H groups in total. The minimum atomic E-state index is -2.04. The zero-order chi connectivity index (χ0) is 12.2. The third-order valence-corrected chi connectivity index (χ3v) is 2.33. The van der Waals surface area contributed by atoms with E-state index < -0.39 is 9.76 Å². The van der Waals surface area contributed by atoms with Gasteiger partial charge in [-0.1, -0.05) is 71.7 Å². The Morgan fingerprint density at radius 3 is 2.56 bits per heavy atom. The van der Waals surface area contributed by atoms with Gasteiger partial charge in [-0.25, -0.2) is 4.79 Å². The summed E-state index contributed by atoms with van der Waals surface area (Å²) in [7, 11) is 0. The Morgan fingerprint density at radius 1 is 1.38 bits per heavy atom. The van der Waals surface area contributed by atoms with E-state index in [1.807, 2.05) is 24.3 Å². The van der Waals surface area contributed by atoms with Crippen molar-refractivity contribution in [2.24, 2.45) is 0 Å². The molecule has 1 aromatic rings. The van der Waals surface area contributed by atoms with Crippen LogP contribution < -0.4 is 0 Å². The number of benzene rings is 1. The second-order valence-corrected chi connectivity index (χ2v) is 5.26. The largest absolute Gasteiger partial charge is 0.458 e. The van der Waals surface area contributed by atoms with Crippen LogP contribution in [0.4, 0.5) is 0 Å². The fraction of sp³-hybridized carbons (Fsp3) is 0.182. The predicted molar refractivity (Wildman–Crippen MR) is 66.6 cm³/mol. The fourth-order valence-electron chi connectivity index (χ4n) is 1.09. The number of hydrogen-bond donors (Lipinski definition) is 0. The monoisotopic (exact) mass is 278 g/mol. The van der Waals surface area contributed by atoms with Gasteiger partial charge in [-0.05, 0) is 11.1 Å².